The monoisotopic (exact) mass is 325 g/mol. The smallest absolute Gasteiger partial charge is 0.270 e. The first-order valence-electron chi connectivity index (χ1n) is 6.92. The first kappa shape index (κ1) is 16.6. The molecule has 8 heteroatoms. The van der Waals surface area contributed by atoms with Crippen molar-refractivity contribution in [3.8, 4) is 0 Å². The van der Waals surface area contributed by atoms with Crippen molar-refractivity contribution in [2.75, 3.05) is 32.7 Å². The van der Waals surface area contributed by atoms with Gasteiger partial charge in [0.15, 0.2) is 0 Å². The number of nitro benzene ring substituents is 1. The summed E-state index contributed by atoms with van der Waals surface area (Å²) < 4.78 is 26.5. The number of non-ortho nitro benzene ring substituents is 1. The van der Waals surface area contributed by atoms with Crippen LogP contribution in [0.1, 0.15) is 6.92 Å². The molecule has 0 amide bonds. The number of piperazine rings is 1. The van der Waals surface area contributed by atoms with Crippen LogP contribution in [0.4, 0.5) is 5.69 Å². The number of hydrogen-bond acceptors (Lipinski definition) is 5. The number of sulfonamides is 1. The Hall–Kier alpha value is -1.77. The molecule has 1 heterocycles. The molecule has 2 rings (SSSR count). The van der Waals surface area contributed by atoms with Gasteiger partial charge in [0.25, 0.3) is 5.69 Å². The second-order valence-corrected chi connectivity index (χ2v) is 7.33. The topological polar surface area (TPSA) is 83.8 Å². The summed E-state index contributed by atoms with van der Waals surface area (Å²) in [5, 5.41) is 10.8. The van der Waals surface area contributed by atoms with E-state index in [1.54, 1.807) is 0 Å². The summed E-state index contributed by atoms with van der Waals surface area (Å²) in [6, 6.07) is 5.17. The summed E-state index contributed by atoms with van der Waals surface area (Å²) in [5.74, 6) is 0. The SMILES string of the molecule is C=C(C)CN1CCN(S(=O)(=O)c2cccc([N+](=O)[O-])c2)CC1. The van der Waals surface area contributed by atoms with E-state index in [-0.39, 0.29) is 10.6 Å². The summed E-state index contributed by atoms with van der Waals surface area (Å²) in [7, 11) is -3.69. The van der Waals surface area contributed by atoms with Crippen LogP contribution in [-0.2, 0) is 10.0 Å². The van der Waals surface area contributed by atoms with E-state index in [4.69, 9.17) is 0 Å². The Balaban J connectivity index is 2.13. The Morgan fingerprint density at radius 3 is 2.50 bits per heavy atom. The summed E-state index contributed by atoms with van der Waals surface area (Å²) in [6.45, 7) is 8.54. The third kappa shape index (κ3) is 3.70. The van der Waals surface area contributed by atoms with Gasteiger partial charge in [-0.2, -0.15) is 4.31 Å². The molecule has 0 spiro atoms. The molecule has 0 unspecified atom stereocenters. The van der Waals surface area contributed by atoms with Gasteiger partial charge in [0.1, 0.15) is 0 Å². The lowest BCUT2D eigenvalue weighted by Crippen LogP contribution is -2.48. The third-order valence-electron chi connectivity index (χ3n) is 3.49. The van der Waals surface area contributed by atoms with Gasteiger partial charge in [0.2, 0.25) is 10.0 Å². The van der Waals surface area contributed by atoms with Gasteiger partial charge < -0.3 is 0 Å². The highest BCUT2D eigenvalue weighted by Gasteiger charge is 2.29. The summed E-state index contributed by atoms with van der Waals surface area (Å²) in [4.78, 5) is 12.3. The van der Waals surface area contributed by atoms with Crippen LogP contribution in [0.2, 0.25) is 0 Å². The van der Waals surface area contributed by atoms with E-state index >= 15 is 0 Å². The first-order chi connectivity index (χ1) is 10.3. The Morgan fingerprint density at radius 2 is 1.95 bits per heavy atom. The summed E-state index contributed by atoms with van der Waals surface area (Å²) in [6.07, 6.45) is 0. The Morgan fingerprint density at radius 1 is 1.32 bits per heavy atom. The van der Waals surface area contributed by atoms with Gasteiger partial charge in [0.05, 0.1) is 9.82 Å². The minimum atomic E-state index is -3.69. The standard InChI is InChI=1S/C14H19N3O4S/c1-12(2)11-15-6-8-16(9-7-15)22(20,21)14-5-3-4-13(10-14)17(18)19/h3-5,10H,1,6-9,11H2,2H3. The van der Waals surface area contributed by atoms with Crippen LogP contribution in [-0.4, -0.2) is 55.3 Å². The van der Waals surface area contributed by atoms with Crippen LogP contribution in [0.3, 0.4) is 0 Å². The predicted molar refractivity (Wildman–Crippen MR) is 83.1 cm³/mol. The molecule has 0 atom stereocenters. The van der Waals surface area contributed by atoms with Crippen molar-refractivity contribution in [1.82, 2.24) is 9.21 Å². The molecule has 22 heavy (non-hydrogen) atoms. The molecule has 1 aliphatic rings. The molecule has 0 N–H and O–H groups in total. The summed E-state index contributed by atoms with van der Waals surface area (Å²) >= 11 is 0. The van der Waals surface area contributed by atoms with Gasteiger partial charge in [-0.05, 0) is 13.0 Å². The van der Waals surface area contributed by atoms with E-state index in [0.717, 1.165) is 18.2 Å². The van der Waals surface area contributed by atoms with Gasteiger partial charge >= 0.3 is 0 Å². The fourth-order valence-electron chi connectivity index (χ4n) is 2.42. The molecule has 1 saturated heterocycles. The van der Waals surface area contributed by atoms with Crippen LogP contribution < -0.4 is 0 Å². The van der Waals surface area contributed by atoms with Gasteiger partial charge in [-0.25, -0.2) is 8.42 Å². The Labute approximate surface area is 130 Å². The number of hydrogen-bond donors (Lipinski definition) is 0. The zero-order chi connectivity index (χ0) is 16.3. The molecule has 7 nitrogen and oxygen atoms in total. The second-order valence-electron chi connectivity index (χ2n) is 5.39. The van der Waals surface area contributed by atoms with Crippen molar-refractivity contribution in [3.05, 3.63) is 46.5 Å². The number of rotatable bonds is 5. The molecule has 0 saturated carbocycles. The highest BCUT2D eigenvalue weighted by molar-refractivity contribution is 7.89. The maximum Gasteiger partial charge on any atom is 0.270 e. The molecule has 0 aromatic heterocycles. The average molecular weight is 325 g/mol. The number of nitrogens with zero attached hydrogens (tertiary/aromatic N) is 3. The fourth-order valence-corrected chi connectivity index (χ4v) is 3.88. The molecule has 1 fully saturated rings. The fraction of sp³-hybridized carbons (Fsp3) is 0.429. The van der Waals surface area contributed by atoms with Crippen LogP contribution in [0.5, 0.6) is 0 Å². The lowest BCUT2D eigenvalue weighted by atomic mass is 10.3. The minimum absolute atomic E-state index is 0.0324. The largest absolute Gasteiger partial charge is 0.297 e. The van der Waals surface area contributed by atoms with Crippen molar-refractivity contribution >= 4 is 15.7 Å². The maximum absolute atomic E-state index is 12.6. The normalized spacial score (nSPS) is 17.3. The highest BCUT2D eigenvalue weighted by Crippen LogP contribution is 2.22. The Kier molecular flexibility index (Phi) is 4.94. The lowest BCUT2D eigenvalue weighted by Gasteiger charge is -2.34. The van der Waals surface area contributed by atoms with E-state index < -0.39 is 14.9 Å². The molecule has 0 bridgehead atoms. The molecule has 120 valence electrons. The van der Waals surface area contributed by atoms with E-state index in [2.05, 4.69) is 11.5 Å². The lowest BCUT2D eigenvalue weighted by molar-refractivity contribution is -0.385. The molecule has 0 aliphatic carbocycles. The van der Waals surface area contributed by atoms with E-state index in [1.165, 1.54) is 22.5 Å². The van der Waals surface area contributed by atoms with Crippen molar-refractivity contribution in [3.63, 3.8) is 0 Å². The molecule has 1 aromatic rings. The van der Waals surface area contributed by atoms with Crippen molar-refractivity contribution in [2.24, 2.45) is 0 Å². The number of benzene rings is 1. The van der Waals surface area contributed by atoms with Crippen LogP contribution in [0.15, 0.2) is 41.3 Å². The van der Waals surface area contributed by atoms with Gasteiger partial charge in [-0.1, -0.05) is 18.2 Å². The van der Waals surface area contributed by atoms with Gasteiger partial charge in [0, 0.05) is 44.9 Å². The molecule has 1 aliphatic heterocycles. The number of nitro groups is 1. The predicted octanol–water partition coefficient (Wildman–Crippen LogP) is 1.48. The quantitative estimate of drug-likeness (QED) is 0.465. The maximum atomic E-state index is 12.6. The molecular formula is C14H19N3O4S. The van der Waals surface area contributed by atoms with Gasteiger partial charge in [-0.3, -0.25) is 15.0 Å². The van der Waals surface area contributed by atoms with E-state index in [9.17, 15) is 18.5 Å². The van der Waals surface area contributed by atoms with Gasteiger partial charge in [-0.15, -0.1) is 0 Å². The van der Waals surface area contributed by atoms with Crippen LogP contribution in [0, 0.1) is 10.1 Å². The zero-order valence-corrected chi connectivity index (χ0v) is 13.3. The van der Waals surface area contributed by atoms with E-state index in [1.807, 2.05) is 6.92 Å². The van der Waals surface area contributed by atoms with Crippen LogP contribution in [0.25, 0.3) is 0 Å². The van der Waals surface area contributed by atoms with Crippen molar-refractivity contribution in [2.45, 2.75) is 11.8 Å². The van der Waals surface area contributed by atoms with E-state index in [0.29, 0.717) is 26.2 Å². The third-order valence-corrected chi connectivity index (χ3v) is 5.39. The molecular weight excluding hydrogens is 306 g/mol. The molecule has 0 radical (unpaired) electrons. The van der Waals surface area contributed by atoms with Crippen molar-refractivity contribution < 1.29 is 13.3 Å². The second kappa shape index (κ2) is 6.55. The first-order valence-corrected chi connectivity index (χ1v) is 8.36. The highest BCUT2D eigenvalue weighted by atomic mass is 32.2. The van der Waals surface area contributed by atoms with Crippen LogP contribution >= 0.6 is 0 Å². The summed E-state index contributed by atoms with van der Waals surface area (Å²) in [5.41, 5.74) is 0.817. The van der Waals surface area contributed by atoms with Crippen molar-refractivity contribution in [1.29, 1.82) is 0 Å². The Bertz CT molecular complexity index is 679. The minimum Gasteiger partial charge on any atom is -0.297 e. The average Bonchev–Trinajstić information content (AvgIpc) is 2.47. The zero-order valence-electron chi connectivity index (χ0n) is 12.4. The molecule has 1 aromatic carbocycles.